The lowest BCUT2D eigenvalue weighted by atomic mass is 9.98. The fourth-order valence-corrected chi connectivity index (χ4v) is 2.42. The van der Waals surface area contributed by atoms with Gasteiger partial charge in [-0.15, -0.1) is 0 Å². The third kappa shape index (κ3) is 5.60. The van der Waals surface area contributed by atoms with Gasteiger partial charge in [0, 0.05) is 12.2 Å². The van der Waals surface area contributed by atoms with Crippen LogP contribution >= 0.6 is 0 Å². The van der Waals surface area contributed by atoms with Crippen LogP contribution in [0.15, 0.2) is 42.5 Å². The molecular weight excluding hydrogens is 318 g/mol. The molecule has 0 saturated heterocycles. The van der Waals surface area contributed by atoms with Crippen molar-refractivity contribution in [2.24, 2.45) is 11.7 Å². The maximum Gasteiger partial charge on any atom is 0.269 e. The summed E-state index contributed by atoms with van der Waals surface area (Å²) in [5.74, 6) is -0.486. The van der Waals surface area contributed by atoms with Crippen LogP contribution in [0.25, 0.3) is 0 Å². The average molecular weight is 341 g/mol. The second kappa shape index (κ2) is 8.82. The number of nitrogens with zero attached hydrogens (tertiary/aromatic N) is 1. The smallest absolute Gasteiger partial charge is 0.269 e. The van der Waals surface area contributed by atoms with Crippen LogP contribution < -0.4 is 15.8 Å². The van der Waals surface area contributed by atoms with Crippen molar-refractivity contribution in [3.05, 3.63) is 59.4 Å². The summed E-state index contributed by atoms with van der Waals surface area (Å²) in [5.41, 5.74) is 7.52. The molecule has 1 atom stereocenters. The van der Waals surface area contributed by atoms with Crippen molar-refractivity contribution in [3.8, 4) is 5.75 Å². The van der Waals surface area contributed by atoms with Gasteiger partial charge in [-0.25, -0.2) is 4.98 Å². The number of benzene rings is 1. The zero-order valence-electron chi connectivity index (χ0n) is 14.5. The van der Waals surface area contributed by atoms with E-state index < -0.39 is 11.8 Å². The lowest BCUT2D eigenvalue weighted by Crippen LogP contribution is -2.37. The summed E-state index contributed by atoms with van der Waals surface area (Å²) < 4.78 is 5.40. The molecule has 132 valence electrons. The maximum absolute atomic E-state index is 12.2. The lowest BCUT2D eigenvalue weighted by molar-refractivity contribution is -0.121. The van der Waals surface area contributed by atoms with Gasteiger partial charge in [0.1, 0.15) is 11.4 Å². The van der Waals surface area contributed by atoms with E-state index in [1.54, 1.807) is 12.1 Å². The van der Waals surface area contributed by atoms with Crippen molar-refractivity contribution in [2.75, 3.05) is 13.2 Å². The molecule has 6 nitrogen and oxygen atoms in total. The second-order valence-electron chi connectivity index (χ2n) is 5.75. The fourth-order valence-electron chi connectivity index (χ4n) is 2.42. The van der Waals surface area contributed by atoms with Crippen LogP contribution in [0.1, 0.15) is 28.7 Å². The number of primary amides is 1. The first-order valence-electron chi connectivity index (χ1n) is 8.22. The Morgan fingerprint density at radius 3 is 2.52 bits per heavy atom. The molecule has 1 aromatic heterocycles. The molecule has 1 heterocycles. The minimum atomic E-state index is -0.494. The van der Waals surface area contributed by atoms with E-state index >= 15 is 0 Å². The molecule has 0 unspecified atom stereocenters. The summed E-state index contributed by atoms with van der Waals surface area (Å²) in [6.07, 6.45) is 0.448. The number of carbonyl (C=O) groups excluding carboxylic acids is 2. The first kappa shape index (κ1) is 18.4. The summed E-state index contributed by atoms with van der Waals surface area (Å²) in [6.45, 7) is 4.50. The Hall–Kier alpha value is -2.89. The van der Waals surface area contributed by atoms with E-state index in [0.717, 1.165) is 17.0 Å². The first-order valence-corrected chi connectivity index (χ1v) is 8.22. The highest BCUT2D eigenvalue weighted by Gasteiger charge is 2.18. The average Bonchev–Trinajstić information content (AvgIpc) is 2.59. The largest absolute Gasteiger partial charge is 0.494 e. The molecule has 25 heavy (non-hydrogen) atoms. The normalized spacial score (nSPS) is 11.6. The third-order valence-corrected chi connectivity index (χ3v) is 3.75. The molecule has 0 aliphatic rings. The monoisotopic (exact) mass is 341 g/mol. The summed E-state index contributed by atoms with van der Waals surface area (Å²) in [5, 5.41) is 2.73. The van der Waals surface area contributed by atoms with Crippen LogP contribution in [0, 0.1) is 12.8 Å². The molecule has 0 saturated carbocycles. The highest BCUT2D eigenvalue weighted by Crippen LogP contribution is 2.15. The summed E-state index contributed by atoms with van der Waals surface area (Å²) in [6, 6.07) is 12.7. The number of carbonyl (C=O) groups is 2. The number of aromatic nitrogens is 1. The van der Waals surface area contributed by atoms with Crippen molar-refractivity contribution < 1.29 is 14.3 Å². The molecule has 0 aliphatic heterocycles. The van der Waals surface area contributed by atoms with E-state index in [4.69, 9.17) is 10.5 Å². The number of amides is 2. The Bertz CT molecular complexity index is 729. The molecule has 2 amide bonds. The molecule has 0 bridgehead atoms. The minimum Gasteiger partial charge on any atom is -0.494 e. The molecule has 3 N–H and O–H groups in total. The molecule has 0 fully saturated rings. The van der Waals surface area contributed by atoms with Gasteiger partial charge in [-0.05, 0) is 50.1 Å². The Kier molecular flexibility index (Phi) is 6.51. The predicted octanol–water partition coefficient (Wildman–Crippen LogP) is 1.86. The quantitative estimate of drug-likeness (QED) is 0.766. The van der Waals surface area contributed by atoms with E-state index in [2.05, 4.69) is 10.3 Å². The van der Waals surface area contributed by atoms with Crippen LogP contribution in [0.4, 0.5) is 0 Å². The molecule has 2 aromatic rings. The van der Waals surface area contributed by atoms with Crippen LogP contribution in [0.2, 0.25) is 0 Å². The molecule has 6 heteroatoms. The standard InChI is InChI=1S/C19H23N3O3/c1-3-25-16-9-7-14(8-10-16)11-15(18(20)23)12-21-19(24)17-6-4-5-13(2)22-17/h4-10,15H,3,11-12H2,1-2H3,(H2,20,23)(H,21,24)/t15-/m1/s1. The maximum atomic E-state index is 12.2. The van der Waals surface area contributed by atoms with Crippen LogP contribution in [0.5, 0.6) is 5.75 Å². The Labute approximate surface area is 147 Å². The summed E-state index contributed by atoms with van der Waals surface area (Å²) in [7, 11) is 0. The van der Waals surface area contributed by atoms with E-state index in [9.17, 15) is 9.59 Å². The van der Waals surface area contributed by atoms with Gasteiger partial charge in [-0.3, -0.25) is 9.59 Å². The number of hydrogen-bond donors (Lipinski definition) is 2. The van der Waals surface area contributed by atoms with Gasteiger partial charge in [0.2, 0.25) is 5.91 Å². The van der Waals surface area contributed by atoms with Gasteiger partial charge in [0.05, 0.1) is 12.5 Å². The number of nitrogens with two attached hydrogens (primary N) is 1. The van der Waals surface area contributed by atoms with Gasteiger partial charge in [-0.1, -0.05) is 18.2 Å². The summed E-state index contributed by atoms with van der Waals surface area (Å²) in [4.78, 5) is 28.0. The van der Waals surface area contributed by atoms with E-state index in [1.807, 2.05) is 44.2 Å². The number of pyridine rings is 1. The van der Waals surface area contributed by atoms with Crippen molar-refractivity contribution >= 4 is 11.8 Å². The first-order chi connectivity index (χ1) is 12.0. The predicted molar refractivity (Wildman–Crippen MR) is 95.3 cm³/mol. The van der Waals surface area contributed by atoms with Gasteiger partial charge >= 0.3 is 0 Å². The van der Waals surface area contributed by atoms with Gasteiger partial charge in [0.25, 0.3) is 5.91 Å². The van der Waals surface area contributed by atoms with Crippen molar-refractivity contribution in [1.29, 1.82) is 0 Å². The second-order valence-corrected chi connectivity index (χ2v) is 5.75. The summed E-state index contributed by atoms with van der Waals surface area (Å²) >= 11 is 0. The molecular formula is C19H23N3O3. The Morgan fingerprint density at radius 2 is 1.92 bits per heavy atom. The molecule has 2 rings (SSSR count). The van der Waals surface area contributed by atoms with Crippen molar-refractivity contribution in [1.82, 2.24) is 10.3 Å². The molecule has 0 spiro atoms. The Morgan fingerprint density at radius 1 is 1.20 bits per heavy atom. The van der Waals surface area contributed by atoms with E-state index in [0.29, 0.717) is 18.7 Å². The number of hydrogen-bond acceptors (Lipinski definition) is 4. The molecule has 1 aromatic carbocycles. The van der Waals surface area contributed by atoms with E-state index in [1.165, 1.54) is 0 Å². The topological polar surface area (TPSA) is 94.3 Å². The number of rotatable bonds is 8. The highest BCUT2D eigenvalue weighted by atomic mass is 16.5. The highest BCUT2D eigenvalue weighted by molar-refractivity contribution is 5.92. The van der Waals surface area contributed by atoms with E-state index in [-0.39, 0.29) is 12.5 Å². The lowest BCUT2D eigenvalue weighted by Gasteiger charge is -2.15. The van der Waals surface area contributed by atoms with Crippen molar-refractivity contribution in [3.63, 3.8) is 0 Å². The van der Waals surface area contributed by atoms with Crippen LogP contribution in [0.3, 0.4) is 0 Å². The number of aryl methyl sites for hydroxylation is 1. The molecule has 0 radical (unpaired) electrons. The number of nitrogens with one attached hydrogen (secondary N) is 1. The minimum absolute atomic E-state index is 0.164. The van der Waals surface area contributed by atoms with Gasteiger partial charge in [0.15, 0.2) is 0 Å². The number of ether oxygens (including phenoxy) is 1. The zero-order valence-corrected chi connectivity index (χ0v) is 14.5. The Balaban J connectivity index is 1.96. The van der Waals surface area contributed by atoms with Gasteiger partial charge < -0.3 is 15.8 Å². The molecule has 0 aliphatic carbocycles. The van der Waals surface area contributed by atoms with Crippen LogP contribution in [-0.4, -0.2) is 29.9 Å². The van der Waals surface area contributed by atoms with Crippen molar-refractivity contribution in [2.45, 2.75) is 20.3 Å². The fraction of sp³-hybridized carbons (Fsp3) is 0.316. The SMILES string of the molecule is CCOc1ccc(C[C@H](CNC(=O)c2cccc(C)n2)C(N)=O)cc1. The van der Waals surface area contributed by atoms with Crippen LogP contribution in [-0.2, 0) is 11.2 Å². The third-order valence-electron chi connectivity index (χ3n) is 3.75. The van der Waals surface area contributed by atoms with Gasteiger partial charge in [-0.2, -0.15) is 0 Å². The zero-order chi connectivity index (χ0) is 18.2.